The van der Waals surface area contributed by atoms with Crippen LogP contribution in [0.5, 0.6) is 11.5 Å². The molecule has 0 unspecified atom stereocenters. The number of hydrogen-bond donors (Lipinski definition) is 1. The maximum absolute atomic E-state index is 12.5. The van der Waals surface area contributed by atoms with E-state index in [0.29, 0.717) is 28.3 Å². The van der Waals surface area contributed by atoms with Crippen molar-refractivity contribution in [2.75, 3.05) is 12.1 Å². The van der Waals surface area contributed by atoms with E-state index < -0.39 is 18.0 Å². The van der Waals surface area contributed by atoms with Crippen molar-refractivity contribution in [3.8, 4) is 11.5 Å². The van der Waals surface area contributed by atoms with Crippen molar-refractivity contribution >= 4 is 44.5 Å². The lowest BCUT2D eigenvalue weighted by atomic mass is 10.1. The molecule has 1 N–H and O–H groups in total. The fourth-order valence-electron chi connectivity index (χ4n) is 2.87. The number of esters is 1. The molecule has 8 heteroatoms. The normalized spacial score (nSPS) is 13.4. The van der Waals surface area contributed by atoms with E-state index >= 15 is 0 Å². The Bertz CT molecular complexity index is 1090. The molecule has 3 aromatic rings. The summed E-state index contributed by atoms with van der Waals surface area (Å²) in [4.78, 5) is 24.9. The minimum Gasteiger partial charge on any atom is -0.454 e. The van der Waals surface area contributed by atoms with E-state index in [-0.39, 0.29) is 12.6 Å². The average Bonchev–Trinajstić information content (AvgIpc) is 3.26. The van der Waals surface area contributed by atoms with Gasteiger partial charge in [-0.2, -0.15) is 0 Å². The number of amides is 1. The van der Waals surface area contributed by atoms with Crippen molar-refractivity contribution < 1.29 is 28.2 Å². The minimum atomic E-state index is -1.02. The van der Waals surface area contributed by atoms with Crippen molar-refractivity contribution in [1.82, 2.24) is 0 Å². The molecule has 0 bridgehead atoms. The predicted molar refractivity (Wildman–Crippen MR) is 105 cm³/mol. The van der Waals surface area contributed by atoms with Gasteiger partial charge in [-0.1, -0.05) is 15.9 Å². The summed E-state index contributed by atoms with van der Waals surface area (Å²) >= 11 is 3.39. The average molecular weight is 446 g/mol. The Morgan fingerprint density at radius 2 is 1.93 bits per heavy atom. The lowest BCUT2D eigenvalue weighted by Gasteiger charge is -2.13. The fraction of sp³-hybridized carbons (Fsp3) is 0.200. The molecule has 0 fully saturated rings. The molecular weight excluding hydrogens is 430 g/mol. The van der Waals surface area contributed by atoms with Crippen LogP contribution in [0.4, 0.5) is 5.69 Å². The van der Waals surface area contributed by atoms with Gasteiger partial charge in [-0.25, -0.2) is 4.79 Å². The van der Waals surface area contributed by atoms with Crippen LogP contribution in [-0.2, 0) is 9.53 Å². The Kier molecular flexibility index (Phi) is 4.72. The van der Waals surface area contributed by atoms with E-state index in [2.05, 4.69) is 21.2 Å². The van der Waals surface area contributed by atoms with Crippen LogP contribution in [0.2, 0.25) is 0 Å². The third-order valence-corrected chi connectivity index (χ3v) is 4.87. The zero-order chi connectivity index (χ0) is 19.8. The molecule has 1 aliphatic heterocycles. The molecular formula is C20H16BrNO6. The van der Waals surface area contributed by atoms with Crippen LogP contribution in [0.1, 0.15) is 23.0 Å². The first-order valence-corrected chi connectivity index (χ1v) is 9.32. The van der Waals surface area contributed by atoms with Gasteiger partial charge in [0.1, 0.15) is 5.58 Å². The van der Waals surface area contributed by atoms with Gasteiger partial charge in [-0.15, -0.1) is 0 Å². The van der Waals surface area contributed by atoms with Crippen LogP contribution in [-0.4, -0.2) is 24.8 Å². The van der Waals surface area contributed by atoms with Gasteiger partial charge in [0, 0.05) is 27.2 Å². The number of furan rings is 1. The number of aryl methyl sites for hydroxylation is 1. The van der Waals surface area contributed by atoms with Crippen molar-refractivity contribution in [3.63, 3.8) is 0 Å². The number of halogens is 1. The number of nitrogens with one attached hydrogen (secondary N) is 1. The van der Waals surface area contributed by atoms with Gasteiger partial charge in [0.15, 0.2) is 17.6 Å². The summed E-state index contributed by atoms with van der Waals surface area (Å²) in [5.41, 5.74) is 1.75. The number of anilines is 1. The van der Waals surface area contributed by atoms with Gasteiger partial charge in [0.25, 0.3) is 5.91 Å². The van der Waals surface area contributed by atoms with Crippen LogP contribution >= 0.6 is 15.9 Å². The smallest absolute Gasteiger partial charge is 0.375 e. The van der Waals surface area contributed by atoms with Gasteiger partial charge in [-0.05, 0) is 44.2 Å². The van der Waals surface area contributed by atoms with Gasteiger partial charge >= 0.3 is 5.97 Å². The molecule has 1 atom stereocenters. The molecule has 0 aliphatic carbocycles. The molecule has 1 aromatic heterocycles. The van der Waals surface area contributed by atoms with Crippen LogP contribution < -0.4 is 14.8 Å². The highest BCUT2D eigenvalue weighted by Gasteiger charge is 2.25. The highest BCUT2D eigenvalue weighted by molar-refractivity contribution is 9.10. The van der Waals surface area contributed by atoms with Crippen molar-refractivity contribution in [2.45, 2.75) is 20.0 Å². The quantitative estimate of drug-likeness (QED) is 0.598. The molecule has 2 aromatic carbocycles. The van der Waals surface area contributed by atoms with Gasteiger partial charge < -0.3 is 23.9 Å². The number of ether oxygens (including phenoxy) is 3. The molecule has 0 spiro atoms. The molecule has 0 saturated carbocycles. The largest absolute Gasteiger partial charge is 0.454 e. The van der Waals surface area contributed by atoms with E-state index in [1.807, 2.05) is 12.1 Å². The second kappa shape index (κ2) is 7.20. The van der Waals surface area contributed by atoms with Crippen LogP contribution in [0.15, 0.2) is 45.3 Å². The summed E-state index contributed by atoms with van der Waals surface area (Å²) in [6, 6.07) is 10.5. The summed E-state index contributed by atoms with van der Waals surface area (Å²) in [7, 11) is 0. The predicted octanol–water partition coefficient (Wildman–Crippen LogP) is 4.42. The fourth-order valence-corrected chi connectivity index (χ4v) is 3.23. The third kappa shape index (κ3) is 3.43. The standard InChI is InChI=1S/C20H16BrNO6/c1-10-14-7-12(21)3-5-15(14)28-18(10)20(24)27-11(2)19(23)22-13-4-6-16-17(8-13)26-9-25-16/h3-8,11H,9H2,1-2H3,(H,22,23)/t11-/m1/s1. The molecule has 1 amide bonds. The summed E-state index contributed by atoms with van der Waals surface area (Å²) in [5, 5.41) is 3.49. The second-order valence-electron chi connectivity index (χ2n) is 6.30. The summed E-state index contributed by atoms with van der Waals surface area (Å²) in [6.07, 6.45) is -1.02. The molecule has 0 saturated heterocycles. The van der Waals surface area contributed by atoms with E-state index in [9.17, 15) is 9.59 Å². The van der Waals surface area contributed by atoms with E-state index in [0.717, 1.165) is 9.86 Å². The van der Waals surface area contributed by atoms with Crippen molar-refractivity contribution in [3.05, 3.63) is 52.2 Å². The molecule has 144 valence electrons. The zero-order valence-electron chi connectivity index (χ0n) is 15.1. The van der Waals surface area contributed by atoms with Gasteiger partial charge in [-0.3, -0.25) is 4.79 Å². The Balaban J connectivity index is 1.45. The van der Waals surface area contributed by atoms with Gasteiger partial charge in [0.05, 0.1) is 0 Å². The molecule has 7 nitrogen and oxygen atoms in total. The SMILES string of the molecule is Cc1c(C(=O)O[C@H](C)C(=O)Nc2ccc3c(c2)OCO3)oc2ccc(Br)cc12. The van der Waals surface area contributed by atoms with E-state index in [1.54, 1.807) is 31.2 Å². The molecule has 2 heterocycles. The minimum absolute atomic E-state index is 0.0795. The monoisotopic (exact) mass is 445 g/mol. The van der Waals surface area contributed by atoms with Crippen LogP contribution in [0.25, 0.3) is 11.0 Å². The number of fused-ring (bicyclic) bond motifs is 2. The molecule has 0 radical (unpaired) electrons. The zero-order valence-corrected chi connectivity index (χ0v) is 16.7. The third-order valence-electron chi connectivity index (χ3n) is 4.38. The van der Waals surface area contributed by atoms with E-state index in [1.165, 1.54) is 6.92 Å². The summed E-state index contributed by atoms with van der Waals surface area (Å²) in [5.74, 6) is 0.0775. The Labute approximate surface area is 168 Å². The van der Waals surface area contributed by atoms with E-state index in [4.69, 9.17) is 18.6 Å². The molecule has 1 aliphatic rings. The first-order chi connectivity index (χ1) is 13.4. The number of rotatable bonds is 4. The number of carbonyl (C=O) groups excluding carboxylic acids is 2. The first-order valence-electron chi connectivity index (χ1n) is 8.52. The Hall–Kier alpha value is -3.00. The van der Waals surface area contributed by atoms with Crippen molar-refractivity contribution in [1.29, 1.82) is 0 Å². The van der Waals surface area contributed by atoms with Crippen molar-refractivity contribution in [2.24, 2.45) is 0 Å². The number of hydrogen-bond acceptors (Lipinski definition) is 6. The number of benzene rings is 2. The molecule has 4 rings (SSSR count). The van der Waals surface area contributed by atoms with Crippen LogP contribution in [0, 0.1) is 6.92 Å². The lowest BCUT2D eigenvalue weighted by molar-refractivity contribution is -0.123. The summed E-state index contributed by atoms with van der Waals surface area (Å²) < 4.78 is 22.3. The maximum Gasteiger partial charge on any atom is 0.375 e. The molecule has 28 heavy (non-hydrogen) atoms. The van der Waals surface area contributed by atoms with Gasteiger partial charge in [0.2, 0.25) is 12.6 Å². The lowest BCUT2D eigenvalue weighted by Crippen LogP contribution is -2.30. The second-order valence-corrected chi connectivity index (χ2v) is 7.22. The topological polar surface area (TPSA) is 87.0 Å². The van der Waals surface area contributed by atoms with Crippen LogP contribution in [0.3, 0.4) is 0 Å². The maximum atomic E-state index is 12.5. The Morgan fingerprint density at radius 1 is 1.14 bits per heavy atom. The Morgan fingerprint density at radius 3 is 2.75 bits per heavy atom. The summed E-state index contributed by atoms with van der Waals surface area (Å²) in [6.45, 7) is 3.41. The highest BCUT2D eigenvalue weighted by Crippen LogP contribution is 2.34. The number of carbonyl (C=O) groups is 2. The first kappa shape index (κ1) is 18.4. The highest BCUT2D eigenvalue weighted by atomic mass is 79.9.